The van der Waals surface area contributed by atoms with E-state index in [0.29, 0.717) is 11.9 Å². The standard InChI is InChI=1S/C24H27ClN6.3ClH/c1-15-2-12-21-20(14-15)23(28-18-8-10-19(11-9-18)29-24(26)27)31-22(30-21)13-5-16-3-6-17(25)7-4-16;;;/h2-7,12-14,18-19H,8-11H2,1H3,(H4,26,27,29)(H,28,30,31);3*1H/b13-5+;;;. The lowest BCUT2D eigenvalue weighted by Gasteiger charge is -2.28. The molecule has 10 heteroatoms. The lowest BCUT2D eigenvalue weighted by atomic mass is 9.91. The van der Waals surface area contributed by atoms with E-state index < -0.39 is 0 Å². The van der Waals surface area contributed by atoms with Gasteiger partial charge in [0.15, 0.2) is 11.8 Å². The lowest BCUT2D eigenvalue weighted by molar-refractivity contribution is 0.412. The van der Waals surface area contributed by atoms with E-state index in [-0.39, 0.29) is 49.2 Å². The van der Waals surface area contributed by atoms with Crippen molar-refractivity contribution in [3.63, 3.8) is 0 Å². The van der Waals surface area contributed by atoms with Crippen LogP contribution in [0.5, 0.6) is 0 Å². The number of anilines is 1. The molecule has 1 aliphatic carbocycles. The Morgan fingerprint density at radius 2 is 1.65 bits per heavy atom. The van der Waals surface area contributed by atoms with E-state index >= 15 is 0 Å². The van der Waals surface area contributed by atoms with Gasteiger partial charge in [-0.25, -0.2) is 9.97 Å². The zero-order valence-corrected chi connectivity index (χ0v) is 22.0. The molecule has 34 heavy (non-hydrogen) atoms. The van der Waals surface area contributed by atoms with E-state index in [1.54, 1.807) is 0 Å². The molecule has 6 nitrogen and oxygen atoms in total. The van der Waals surface area contributed by atoms with Crippen molar-refractivity contribution in [2.45, 2.75) is 44.7 Å². The number of nitrogens with one attached hydrogen (secondary N) is 1. The summed E-state index contributed by atoms with van der Waals surface area (Å²) in [5, 5.41) is 5.41. The van der Waals surface area contributed by atoms with Gasteiger partial charge < -0.3 is 16.8 Å². The van der Waals surface area contributed by atoms with Crippen LogP contribution in [0.4, 0.5) is 5.82 Å². The molecule has 1 heterocycles. The van der Waals surface area contributed by atoms with Crippen molar-refractivity contribution in [1.29, 1.82) is 0 Å². The third kappa shape index (κ3) is 7.91. The van der Waals surface area contributed by atoms with Gasteiger partial charge in [-0.3, -0.25) is 4.99 Å². The summed E-state index contributed by atoms with van der Waals surface area (Å²) in [6.45, 7) is 2.08. The van der Waals surface area contributed by atoms with Crippen LogP contribution in [0.15, 0.2) is 47.5 Å². The summed E-state index contributed by atoms with van der Waals surface area (Å²) < 4.78 is 0. The first-order chi connectivity index (χ1) is 15.0. The predicted molar refractivity (Wildman–Crippen MR) is 152 cm³/mol. The Morgan fingerprint density at radius 3 is 2.29 bits per heavy atom. The largest absolute Gasteiger partial charge is 0.370 e. The number of nitrogens with zero attached hydrogens (tertiary/aromatic N) is 3. The van der Waals surface area contributed by atoms with Gasteiger partial charge in [0.05, 0.1) is 11.6 Å². The Hall–Kier alpha value is -2.25. The van der Waals surface area contributed by atoms with Gasteiger partial charge in [0.2, 0.25) is 0 Å². The summed E-state index contributed by atoms with van der Waals surface area (Å²) in [4.78, 5) is 13.9. The second-order valence-electron chi connectivity index (χ2n) is 8.04. The van der Waals surface area contributed by atoms with E-state index in [1.807, 2.05) is 42.5 Å². The molecule has 0 atom stereocenters. The Bertz CT molecular complexity index is 1120. The van der Waals surface area contributed by atoms with E-state index in [9.17, 15) is 0 Å². The van der Waals surface area contributed by atoms with Gasteiger partial charge in [-0.05, 0) is 68.5 Å². The number of fused-ring (bicyclic) bond motifs is 1. The van der Waals surface area contributed by atoms with Crippen molar-refractivity contribution in [3.8, 4) is 0 Å². The molecule has 0 bridgehead atoms. The molecule has 0 spiro atoms. The zero-order valence-electron chi connectivity index (χ0n) is 18.8. The Kier molecular flexibility index (Phi) is 11.9. The molecule has 0 aliphatic heterocycles. The van der Waals surface area contributed by atoms with E-state index in [2.05, 4.69) is 29.4 Å². The highest BCUT2D eigenvalue weighted by molar-refractivity contribution is 6.30. The summed E-state index contributed by atoms with van der Waals surface area (Å²) >= 11 is 5.98. The molecule has 5 N–H and O–H groups in total. The number of rotatable bonds is 5. The van der Waals surface area contributed by atoms with Gasteiger partial charge in [0.25, 0.3) is 0 Å². The average molecular weight is 544 g/mol. The van der Waals surface area contributed by atoms with Crippen LogP contribution in [-0.4, -0.2) is 28.0 Å². The van der Waals surface area contributed by atoms with Crippen LogP contribution in [0, 0.1) is 6.92 Å². The minimum absolute atomic E-state index is 0. The number of hydrogen-bond acceptors (Lipinski definition) is 4. The maximum absolute atomic E-state index is 5.98. The first kappa shape index (κ1) is 29.8. The molecule has 0 saturated heterocycles. The van der Waals surface area contributed by atoms with Crippen molar-refractivity contribution < 1.29 is 0 Å². The zero-order chi connectivity index (χ0) is 21.8. The van der Waals surface area contributed by atoms with E-state index in [1.165, 1.54) is 5.56 Å². The molecule has 1 aromatic heterocycles. The summed E-state index contributed by atoms with van der Waals surface area (Å²) in [6.07, 6.45) is 7.84. The minimum atomic E-state index is 0. The smallest absolute Gasteiger partial charge is 0.186 e. The molecule has 2 aromatic carbocycles. The molecular formula is C24H30Cl4N6. The number of guanidine groups is 1. The van der Waals surface area contributed by atoms with E-state index in [0.717, 1.165) is 53.0 Å². The van der Waals surface area contributed by atoms with Gasteiger partial charge in [-0.2, -0.15) is 0 Å². The maximum Gasteiger partial charge on any atom is 0.186 e. The van der Waals surface area contributed by atoms with Crippen LogP contribution in [0.3, 0.4) is 0 Å². The van der Waals surface area contributed by atoms with Crippen LogP contribution >= 0.6 is 48.8 Å². The number of hydrogen-bond donors (Lipinski definition) is 3. The summed E-state index contributed by atoms with van der Waals surface area (Å²) in [5.74, 6) is 1.71. The minimum Gasteiger partial charge on any atom is -0.370 e. The summed E-state index contributed by atoms with van der Waals surface area (Å²) in [5.41, 5.74) is 14.2. The summed E-state index contributed by atoms with van der Waals surface area (Å²) in [7, 11) is 0. The first-order valence-corrected chi connectivity index (χ1v) is 10.9. The van der Waals surface area contributed by atoms with Crippen molar-refractivity contribution in [2.75, 3.05) is 5.32 Å². The molecule has 184 valence electrons. The highest BCUT2D eigenvalue weighted by Gasteiger charge is 2.22. The highest BCUT2D eigenvalue weighted by atomic mass is 35.5. The molecular weight excluding hydrogens is 514 g/mol. The van der Waals surface area contributed by atoms with Crippen LogP contribution in [-0.2, 0) is 0 Å². The number of aryl methyl sites for hydroxylation is 1. The van der Waals surface area contributed by atoms with Gasteiger partial charge in [-0.1, -0.05) is 41.4 Å². The van der Waals surface area contributed by atoms with Crippen molar-refractivity contribution >= 4 is 83.7 Å². The van der Waals surface area contributed by atoms with Gasteiger partial charge in [0, 0.05) is 16.5 Å². The molecule has 1 saturated carbocycles. The van der Waals surface area contributed by atoms with Crippen LogP contribution in [0.1, 0.15) is 42.6 Å². The number of benzene rings is 2. The Balaban J connectivity index is 0.00000193. The molecule has 0 unspecified atom stereocenters. The van der Waals surface area contributed by atoms with Crippen LogP contribution in [0.25, 0.3) is 23.1 Å². The molecule has 0 amide bonds. The summed E-state index contributed by atoms with van der Waals surface area (Å²) in [6, 6.07) is 14.5. The molecule has 1 fully saturated rings. The number of aliphatic imine (C=N–C) groups is 1. The Morgan fingerprint density at radius 1 is 0.971 bits per heavy atom. The van der Waals surface area contributed by atoms with Crippen LogP contribution in [0.2, 0.25) is 5.02 Å². The molecule has 4 rings (SSSR count). The SMILES string of the molecule is Cc1ccc2nc(/C=C/c3ccc(Cl)cc3)nc(NC3CCC(N=C(N)N)CC3)c2c1.Cl.Cl.Cl. The normalized spacial score (nSPS) is 17.2. The first-order valence-electron chi connectivity index (χ1n) is 10.5. The van der Waals surface area contributed by atoms with Crippen LogP contribution < -0.4 is 16.8 Å². The van der Waals surface area contributed by atoms with Crippen molar-refractivity contribution in [1.82, 2.24) is 9.97 Å². The molecule has 3 aromatic rings. The fourth-order valence-corrected chi connectivity index (χ4v) is 4.07. The number of nitrogens with two attached hydrogens (primary N) is 2. The highest BCUT2D eigenvalue weighted by Crippen LogP contribution is 2.28. The number of aromatic nitrogens is 2. The lowest BCUT2D eigenvalue weighted by Crippen LogP contribution is -2.31. The molecule has 1 aliphatic rings. The maximum atomic E-state index is 5.98. The van der Waals surface area contributed by atoms with Crippen molar-refractivity contribution in [2.24, 2.45) is 16.5 Å². The predicted octanol–water partition coefficient (Wildman–Crippen LogP) is 6.02. The topological polar surface area (TPSA) is 102 Å². The van der Waals surface area contributed by atoms with E-state index in [4.69, 9.17) is 33.0 Å². The number of halogens is 4. The second kappa shape index (κ2) is 13.6. The third-order valence-corrected chi connectivity index (χ3v) is 5.78. The molecule has 0 radical (unpaired) electrons. The van der Waals surface area contributed by atoms with Gasteiger partial charge >= 0.3 is 0 Å². The fourth-order valence-electron chi connectivity index (χ4n) is 3.94. The quantitative estimate of drug-likeness (QED) is 0.269. The third-order valence-electron chi connectivity index (χ3n) is 5.53. The Labute approximate surface area is 223 Å². The van der Waals surface area contributed by atoms with Gasteiger partial charge in [-0.15, -0.1) is 37.2 Å². The fraction of sp³-hybridized carbons (Fsp3) is 0.292. The van der Waals surface area contributed by atoms with Crippen molar-refractivity contribution in [3.05, 3.63) is 64.4 Å². The second-order valence-corrected chi connectivity index (χ2v) is 8.48. The average Bonchev–Trinajstić information content (AvgIpc) is 2.75. The monoisotopic (exact) mass is 542 g/mol. The van der Waals surface area contributed by atoms with Gasteiger partial charge in [0.1, 0.15) is 5.82 Å².